The van der Waals surface area contributed by atoms with Gasteiger partial charge in [0.1, 0.15) is 12.4 Å². The molecule has 2 aromatic rings. The molecule has 2 aromatic carbocycles. The third-order valence-corrected chi connectivity index (χ3v) is 4.59. The zero-order valence-corrected chi connectivity index (χ0v) is 16.3. The van der Waals surface area contributed by atoms with Gasteiger partial charge in [-0.1, -0.05) is 12.1 Å². The molecule has 3 rings (SSSR count). The number of methoxy groups -OCH3 is 1. The predicted octanol–water partition coefficient (Wildman–Crippen LogP) is 3.51. The first-order valence-corrected chi connectivity index (χ1v) is 8.91. The number of ether oxygens (including phenoxy) is 3. The summed E-state index contributed by atoms with van der Waals surface area (Å²) in [4.78, 5) is 12.2. The van der Waals surface area contributed by atoms with Crippen LogP contribution in [0.5, 0.6) is 17.2 Å². The summed E-state index contributed by atoms with van der Waals surface area (Å²) in [7, 11) is 1.59. The van der Waals surface area contributed by atoms with E-state index in [1.165, 1.54) is 6.21 Å². The molecule has 1 unspecified atom stereocenters. The molecular weight excluding hydrogens is 456 g/mol. The maximum absolute atomic E-state index is 12.2. The summed E-state index contributed by atoms with van der Waals surface area (Å²) in [5.74, 6) is 1.48. The number of nitrogens with zero attached hydrogens (tertiary/aromatic N) is 1. The number of hydrazone groups is 1. The summed E-state index contributed by atoms with van der Waals surface area (Å²) in [6.45, 7) is 0.137. The van der Waals surface area contributed by atoms with Crippen molar-refractivity contribution < 1.29 is 19.0 Å². The molecule has 1 aliphatic rings. The van der Waals surface area contributed by atoms with Crippen LogP contribution in [0.1, 0.15) is 5.56 Å². The molecule has 0 saturated carbocycles. The van der Waals surface area contributed by atoms with Crippen LogP contribution in [-0.4, -0.2) is 31.9 Å². The van der Waals surface area contributed by atoms with Gasteiger partial charge in [0.25, 0.3) is 5.91 Å². The van der Waals surface area contributed by atoms with E-state index in [0.717, 1.165) is 14.5 Å². The Kier molecular flexibility index (Phi) is 5.60. The van der Waals surface area contributed by atoms with Crippen LogP contribution >= 0.6 is 31.9 Å². The van der Waals surface area contributed by atoms with Gasteiger partial charge in [-0.2, -0.15) is 5.10 Å². The van der Waals surface area contributed by atoms with Crippen molar-refractivity contribution in [2.75, 3.05) is 13.7 Å². The Balaban J connectivity index is 1.62. The maximum Gasteiger partial charge on any atom is 0.284 e. The minimum atomic E-state index is -0.749. The van der Waals surface area contributed by atoms with Crippen molar-refractivity contribution in [2.24, 2.45) is 5.10 Å². The number of amides is 1. The lowest BCUT2D eigenvalue weighted by Crippen LogP contribution is -2.42. The highest BCUT2D eigenvalue weighted by Gasteiger charge is 2.26. The Morgan fingerprint density at radius 1 is 1.28 bits per heavy atom. The minimum Gasteiger partial charge on any atom is -0.494 e. The van der Waals surface area contributed by atoms with E-state index >= 15 is 0 Å². The van der Waals surface area contributed by atoms with Gasteiger partial charge in [0, 0.05) is 0 Å². The van der Waals surface area contributed by atoms with Gasteiger partial charge in [-0.15, -0.1) is 0 Å². The number of hydrogen-bond donors (Lipinski definition) is 1. The number of nitrogens with one attached hydrogen (secondary N) is 1. The van der Waals surface area contributed by atoms with Gasteiger partial charge in [0.15, 0.2) is 11.5 Å². The second kappa shape index (κ2) is 7.88. The molecule has 0 saturated heterocycles. The first-order valence-electron chi connectivity index (χ1n) is 7.33. The van der Waals surface area contributed by atoms with Crippen LogP contribution in [0, 0.1) is 0 Å². The van der Waals surface area contributed by atoms with Crippen LogP contribution in [-0.2, 0) is 4.79 Å². The molecule has 1 N–H and O–H groups in total. The first-order chi connectivity index (χ1) is 12.1. The Hall–Kier alpha value is -2.06. The highest BCUT2D eigenvalue weighted by Crippen LogP contribution is 2.34. The van der Waals surface area contributed by atoms with Gasteiger partial charge in [0.2, 0.25) is 6.10 Å². The molecule has 0 aliphatic carbocycles. The van der Waals surface area contributed by atoms with Crippen LogP contribution in [0.15, 0.2) is 50.4 Å². The van der Waals surface area contributed by atoms with Gasteiger partial charge in [-0.3, -0.25) is 4.79 Å². The zero-order chi connectivity index (χ0) is 17.8. The highest BCUT2D eigenvalue weighted by molar-refractivity contribution is 9.11. The van der Waals surface area contributed by atoms with Crippen molar-refractivity contribution in [3.05, 3.63) is 50.9 Å². The molecule has 0 aromatic heterocycles. The number of para-hydroxylation sites is 2. The summed E-state index contributed by atoms with van der Waals surface area (Å²) in [5.41, 5.74) is 3.25. The van der Waals surface area contributed by atoms with E-state index in [1.807, 2.05) is 24.3 Å². The minimum absolute atomic E-state index is 0.137. The van der Waals surface area contributed by atoms with E-state index in [2.05, 4.69) is 42.4 Å². The SMILES string of the molecule is COc1c(Br)cc(/C=N/NC(=O)C2COc3ccccc3O2)cc1Br. The average Bonchev–Trinajstić information content (AvgIpc) is 2.61. The Morgan fingerprint density at radius 2 is 1.96 bits per heavy atom. The standard InChI is InChI=1S/C17H14Br2N2O4/c1-23-16-11(18)6-10(7-12(16)19)8-20-21-17(22)15-9-24-13-4-2-3-5-14(13)25-15/h2-8,15H,9H2,1H3,(H,21,22)/b20-8+. The van der Waals surface area contributed by atoms with Gasteiger partial charge in [-0.25, -0.2) is 5.43 Å². The van der Waals surface area contributed by atoms with Crippen molar-refractivity contribution in [1.82, 2.24) is 5.43 Å². The van der Waals surface area contributed by atoms with Crippen LogP contribution in [0.2, 0.25) is 0 Å². The topological polar surface area (TPSA) is 69.2 Å². The number of benzene rings is 2. The van der Waals surface area contributed by atoms with Crippen molar-refractivity contribution in [3.8, 4) is 17.2 Å². The van der Waals surface area contributed by atoms with E-state index in [-0.39, 0.29) is 12.5 Å². The lowest BCUT2D eigenvalue weighted by molar-refractivity contribution is -0.130. The maximum atomic E-state index is 12.2. The lowest BCUT2D eigenvalue weighted by Gasteiger charge is -2.24. The number of fused-ring (bicyclic) bond motifs is 1. The lowest BCUT2D eigenvalue weighted by atomic mass is 10.2. The van der Waals surface area contributed by atoms with E-state index in [1.54, 1.807) is 19.2 Å². The van der Waals surface area contributed by atoms with Gasteiger partial charge in [-0.05, 0) is 61.7 Å². The molecule has 1 aliphatic heterocycles. The fourth-order valence-corrected chi connectivity index (χ4v) is 3.79. The van der Waals surface area contributed by atoms with Crippen molar-refractivity contribution >= 4 is 44.0 Å². The van der Waals surface area contributed by atoms with E-state index in [9.17, 15) is 4.79 Å². The number of carbonyl (C=O) groups is 1. The average molecular weight is 470 g/mol. The molecule has 1 heterocycles. The molecule has 1 atom stereocenters. The summed E-state index contributed by atoms with van der Waals surface area (Å²) < 4.78 is 17.9. The third kappa shape index (κ3) is 4.13. The molecule has 0 radical (unpaired) electrons. The van der Waals surface area contributed by atoms with Crippen molar-refractivity contribution in [3.63, 3.8) is 0 Å². The predicted molar refractivity (Wildman–Crippen MR) is 100 cm³/mol. The molecule has 0 bridgehead atoms. The van der Waals surface area contributed by atoms with Crippen molar-refractivity contribution in [1.29, 1.82) is 0 Å². The second-order valence-electron chi connectivity index (χ2n) is 5.12. The molecule has 0 spiro atoms. The van der Waals surface area contributed by atoms with Crippen LogP contribution in [0.25, 0.3) is 0 Å². The molecule has 130 valence electrons. The molecule has 6 nitrogen and oxygen atoms in total. The number of halogens is 2. The largest absolute Gasteiger partial charge is 0.494 e. The fourth-order valence-electron chi connectivity index (χ4n) is 2.24. The van der Waals surface area contributed by atoms with Gasteiger partial charge < -0.3 is 14.2 Å². The molecule has 0 fully saturated rings. The first kappa shape index (κ1) is 17.8. The smallest absolute Gasteiger partial charge is 0.284 e. The number of hydrogen-bond acceptors (Lipinski definition) is 5. The Labute approximate surface area is 161 Å². The number of carbonyl (C=O) groups excluding carboxylic acids is 1. The highest BCUT2D eigenvalue weighted by atomic mass is 79.9. The summed E-state index contributed by atoms with van der Waals surface area (Å²) in [6, 6.07) is 10.9. The molecule has 25 heavy (non-hydrogen) atoms. The second-order valence-corrected chi connectivity index (χ2v) is 6.82. The zero-order valence-electron chi connectivity index (χ0n) is 13.2. The van der Waals surface area contributed by atoms with Crippen LogP contribution in [0.4, 0.5) is 0 Å². The number of rotatable bonds is 4. The monoisotopic (exact) mass is 468 g/mol. The molecular formula is C17H14Br2N2O4. The molecule has 8 heteroatoms. The van der Waals surface area contributed by atoms with E-state index < -0.39 is 6.10 Å². The normalized spacial score (nSPS) is 15.9. The summed E-state index contributed by atoms with van der Waals surface area (Å²) >= 11 is 6.83. The Bertz CT molecular complexity index is 803. The third-order valence-electron chi connectivity index (χ3n) is 3.41. The summed E-state index contributed by atoms with van der Waals surface area (Å²) in [5, 5.41) is 3.97. The van der Waals surface area contributed by atoms with E-state index in [4.69, 9.17) is 14.2 Å². The van der Waals surface area contributed by atoms with Crippen molar-refractivity contribution in [2.45, 2.75) is 6.10 Å². The van der Waals surface area contributed by atoms with Gasteiger partial charge in [0.05, 0.1) is 22.3 Å². The summed E-state index contributed by atoms with van der Waals surface area (Å²) in [6.07, 6.45) is 0.784. The quantitative estimate of drug-likeness (QED) is 0.549. The van der Waals surface area contributed by atoms with Crippen LogP contribution in [0.3, 0.4) is 0 Å². The van der Waals surface area contributed by atoms with Crippen LogP contribution < -0.4 is 19.6 Å². The molecule has 1 amide bonds. The Morgan fingerprint density at radius 3 is 2.64 bits per heavy atom. The van der Waals surface area contributed by atoms with Gasteiger partial charge >= 0.3 is 0 Å². The van der Waals surface area contributed by atoms with E-state index in [0.29, 0.717) is 17.2 Å². The fraction of sp³-hybridized carbons (Fsp3) is 0.176.